The molecule has 3 fully saturated rings. The topological polar surface area (TPSA) is 90.2 Å². The third-order valence-electron chi connectivity index (χ3n) is 6.11. The highest BCUT2D eigenvalue weighted by Gasteiger charge is 2.47. The third kappa shape index (κ3) is 3.92. The van der Waals surface area contributed by atoms with E-state index < -0.39 is 0 Å². The van der Waals surface area contributed by atoms with Crippen LogP contribution in [0.1, 0.15) is 26.3 Å². The Morgan fingerprint density at radius 3 is 2.72 bits per heavy atom. The lowest BCUT2D eigenvalue weighted by Crippen LogP contribution is -2.61. The number of anilines is 2. The molecule has 0 amide bonds. The number of hydrogen-bond acceptors (Lipinski definition) is 8. The number of methoxy groups -OCH3 is 1. The molecule has 1 aromatic carbocycles. The van der Waals surface area contributed by atoms with E-state index in [1.165, 1.54) is 18.6 Å². The number of halogens is 1. The first-order valence-electron chi connectivity index (χ1n) is 10.8. The summed E-state index contributed by atoms with van der Waals surface area (Å²) < 4.78 is 26.3. The van der Waals surface area contributed by atoms with Gasteiger partial charge in [0.1, 0.15) is 11.6 Å². The second-order valence-corrected chi connectivity index (χ2v) is 8.60. The lowest BCUT2D eigenvalue weighted by molar-refractivity contribution is 0.130. The maximum atomic E-state index is 13.5. The fraction of sp³-hybridized carbons (Fsp3) is 0.455. The largest absolute Gasteiger partial charge is 0.480 e. The molecule has 1 unspecified atom stereocenters. The van der Waals surface area contributed by atoms with E-state index in [0.29, 0.717) is 41.5 Å². The fourth-order valence-corrected chi connectivity index (χ4v) is 4.51. The predicted octanol–water partition coefficient (Wildman–Crippen LogP) is 3.53. The van der Waals surface area contributed by atoms with Crippen molar-refractivity contribution in [3.63, 3.8) is 0 Å². The molecule has 2 saturated heterocycles. The van der Waals surface area contributed by atoms with Gasteiger partial charge in [-0.1, -0.05) is 6.07 Å². The highest BCUT2D eigenvalue weighted by atomic mass is 19.1. The van der Waals surface area contributed by atoms with Gasteiger partial charge in [0.05, 0.1) is 25.0 Å². The van der Waals surface area contributed by atoms with Gasteiger partial charge in [-0.25, -0.2) is 9.07 Å². The van der Waals surface area contributed by atoms with E-state index in [4.69, 9.17) is 9.47 Å². The van der Waals surface area contributed by atoms with Crippen LogP contribution in [0.15, 0.2) is 36.5 Å². The highest BCUT2D eigenvalue weighted by Crippen LogP contribution is 2.43. The number of piperidine rings is 2. The Bertz CT molecular complexity index is 1090. The summed E-state index contributed by atoms with van der Waals surface area (Å²) in [6, 6.07) is 8.62. The molecule has 2 aliphatic heterocycles. The second kappa shape index (κ2) is 8.25. The van der Waals surface area contributed by atoms with E-state index in [0.717, 1.165) is 18.8 Å². The van der Waals surface area contributed by atoms with Crippen LogP contribution in [-0.2, 0) is 0 Å². The Kier molecular flexibility index (Phi) is 5.28. The van der Waals surface area contributed by atoms with Crippen molar-refractivity contribution < 1.29 is 13.9 Å². The first kappa shape index (κ1) is 20.5. The van der Waals surface area contributed by atoms with Gasteiger partial charge in [0.2, 0.25) is 11.8 Å². The number of hydrogen-bond donors (Lipinski definition) is 1. The Balaban J connectivity index is 1.28. The fourth-order valence-electron chi connectivity index (χ4n) is 4.51. The quantitative estimate of drug-likeness (QED) is 0.598. The summed E-state index contributed by atoms with van der Waals surface area (Å²) in [6.45, 7) is 5.84. The number of nitrogens with one attached hydrogen (secondary N) is 1. The number of nitrogens with zero attached hydrogens (tertiary/aromatic N) is 6. The minimum Gasteiger partial charge on any atom is -0.480 e. The molecule has 9 nitrogen and oxygen atoms in total. The number of aromatic nitrogens is 5. The second-order valence-electron chi connectivity index (χ2n) is 8.60. The molecule has 0 radical (unpaired) electrons. The number of benzene rings is 1. The summed E-state index contributed by atoms with van der Waals surface area (Å²) in [5.41, 5.74) is 1.03. The Labute approximate surface area is 185 Å². The maximum Gasteiger partial charge on any atom is 0.322 e. The van der Waals surface area contributed by atoms with Crippen LogP contribution in [0.5, 0.6) is 17.6 Å². The number of fused-ring (bicyclic) bond motifs is 2. The van der Waals surface area contributed by atoms with Gasteiger partial charge in [0.15, 0.2) is 0 Å². The van der Waals surface area contributed by atoms with Crippen molar-refractivity contribution in [2.75, 3.05) is 30.4 Å². The van der Waals surface area contributed by atoms with Crippen molar-refractivity contribution in [2.24, 2.45) is 11.8 Å². The average molecular weight is 439 g/mol. The normalized spacial score (nSPS) is 21.9. The summed E-state index contributed by atoms with van der Waals surface area (Å²) in [4.78, 5) is 6.88. The lowest BCUT2D eigenvalue weighted by Gasteiger charge is -2.54. The van der Waals surface area contributed by atoms with Crippen LogP contribution in [0.3, 0.4) is 0 Å². The van der Waals surface area contributed by atoms with Crippen LogP contribution in [0, 0.1) is 17.7 Å². The standard InChI is InChI=1S/C22H26FN7O2/c1-13(2)30-22(32-18-6-4-5-16(23)8-18)26-21(28-30)25-20-14-7-15(20)12-29(11-14)17-9-19(31-3)27-24-10-17/h4-6,8-10,13-15,20H,7,11-12H2,1-3H3,(H,25,28)/t14-,15?,20-/m0/s1. The van der Waals surface area contributed by atoms with Crippen LogP contribution in [-0.4, -0.2) is 51.2 Å². The minimum absolute atomic E-state index is 0.0483. The van der Waals surface area contributed by atoms with Gasteiger partial charge >= 0.3 is 6.01 Å². The van der Waals surface area contributed by atoms with Crippen molar-refractivity contribution >= 4 is 11.6 Å². The SMILES string of the molecule is COc1cc(N2CC3C[C@@H](C2)[C@@H]3Nc2nc(Oc3cccc(F)c3)n(C(C)C)n2)cnn1. The molecule has 2 bridgehead atoms. The van der Waals surface area contributed by atoms with Crippen molar-refractivity contribution in [1.29, 1.82) is 0 Å². The van der Waals surface area contributed by atoms with Crippen LogP contribution in [0.25, 0.3) is 0 Å². The molecule has 4 heterocycles. The molecule has 10 heteroatoms. The van der Waals surface area contributed by atoms with E-state index in [2.05, 4.69) is 30.5 Å². The van der Waals surface area contributed by atoms with Gasteiger partial charge < -0.3 is 19.7 Å². The smallest absolute Gasteiger partial charge is 0.322 e. The van der Waals surface area contributed by atoms with Crippen molar-refractivity contribution in [3.8, 4) is 17.6 Å². The molecule has 3 atom stereocenters. The zero-order chi connectivity index (χ0) is 22.2. The van der Waals surface area contributed by atoms with Crippen LogP contribution in [0.4, 0.5) is 16.0 Å². The van der Waals surface area contributed by atoms with E-state index in [1.807, 2.05) is 19.9 Å². The zero-order valence-electron chi connectivity index (χ0n) is 18.3. The Morgan fingerprint density at radius 1 is 1.19 bits per heavy atom. The molecule has 32 heavy (non-hydrogen) atoms. The molecule has 1 N–H and O–H groups in total. The molecule has 3 aliphatic rings. The highest BCUT2D eigenvalue weighted by molar-refractivity contribution is 5.48. The summed E-state index contributed by atoms with van der Waals surface area (Å²) in [5, 5.41) is 16.1. The zero-order valence-corrected chi connectivity index (χ0v) is 18.3. The summed E-state index contributed by atoms with van der Waals surface area (Å²) in [6.07, 6.45) is 2.94. The molecular weight excluding hydrogens is 413 g/mol. The number of ether oxygens (including phenoxy) is 2. The van der Waals surface area contributed by atoms with Crippen molar-refractivity contribution in [2.45, 2.75) is 32.4 Å². The average Bonchev–Trinajstić information content (AvgIpc) is 3.20. The first-order valence-corrected chi connectivity index (χ1v) is 10.8. The molecule has 6 rings (SSSR count). The molecule has 3 aromatic rings. The summed E-state index contributed by atoms with van der Waals surface area (Å²) in [7, 11) is 1.59. The van der Waals surface area contributed by atoms with Crippen LogP contribution in [0.2, 0.25) is 0 Å². The van der Waals surface area contributed by atoms with Crippen molar-refractivity contribution in [1.82, 2.24) is 25.0 Å². The molecule has 168 valence electrons. The molecule has 2 aromatic heterocycles. The van der Waals surface area contributed by atoms with Gasteiger partial charge in [-0.05, 0) is 44.2 Å². The molecule has 0 spiro atoms. The maximum absolute atomic E-state index is 13.5. The Morgan fingerprint density at radius 2 is 2.00 bits per heavy atom. The van der Waals surface area contributed by atoms with E-state index in [-0.39, 0.29) is 11.9 Å². The third-order valence-corrected chi connectivity index (χ3v) is 6.11. The van der Waals surface area contributed by atoms with E-state index >= 15 is 0 Å². The van der Waals surface area contributed by atoms with Gasteiger partial charge in [-0.15, -0.1) is 10.2 Å². The molecule has 1 saturated carbocycles. The van der Waals surface area contributed by atoms with Crippen LogP contribution >= 0.6 is 0 Å². The van der Waals surface area contributed by atoms with Gasteiger partial charge in [0, 0.05) is 31.3 Å². The monoisotopic (exact) mass is 439 g/mol. The van der Waals surface area contributed by atoms with Gasteiger partial charge in [-0.2, -0.15) is 10.1 Å². The first-order chi connectivity index (χ1) is 15.5. The van der Waals surface area contributed by atoms with Crippen LogP contribution < -0.4 is 19.7 Å². The minimum atomic E-state index is -0.356. The summed E-state index contributed by atoms with van der Waals surface area (Å²) >= 11 is 0. The van der Waals surface area contributed by atoms with Gasteiger partial charge in [-0.3, -0.25) is 0 Å². The molecular formula is C22H26FN7O2. The van der Waals surface area contributed by atoms with E-state index in [1.54, 1.807) is 30.1 Å². The Hall–Kier alpha value is -3.43. The van der Waals surface area contributed by atoms with Gasteiger partial charge in [0.25, 0.3) is 0 Å². The molecule has 1 aliphatic carbocycles. The van der Waals surface area contributed by atoms with Crippen molar-refractivity contribution in [3.05, 3.63) is 42.3 Å². The predicted molar refractivity (Wildman–Crippen MR) is 117 cm³/mol. The van der Waals surface area contributed by atoms with E-state index in [9.17, 15) is 4.39 Å². The lowest BCUT2D eigenvalue weighted by atomic mass is 9.66. The number of rotatable bonds is 7. The summed E-state index contributed by atoms with van der Waals surface area (Å²) in [5.74, 6) is 2.04.